The predicted octanol–water partition coefficient (Wildman–Crippen LogP) is 4.19. The molecule has 2 aliphatic rings. The van der Waals surface area contributed by atoms with Gasteiger partial charge in [-0.15, -0.1) is 0 Å². The van der Waals surface area contributed by atoms with E-state index in [0.29, 0.717) is 5.92 Å². The van der Waals surface area contributed by atoms with Gasteiger partial charge in [-0.25, -0.2) is 0 Å². The maximum atomic E-state index is 6.11. The number of rotatable bonds is 3. The number of fused-ring (bicyclic) bond motifs is 1. The van der Waals surface area contributed by atoms with Crippen LogP contribution < -0.4 is 5.73 Å². The molecular weight excluding hydrogens is 230 g/mol. The fraction of sp³-hybridized carbons (Fsp3) is 0.667. The molecule has 2 aliphatic carbocycles. The Kier molecular flexibility index (Phi) is 4.22. The molecule has 2 N–H and O–H groups in total. The first-order chi connectivity index (χ1) is 9.38. The molecule has 0 aliphatic heterocycles. The highest BCUT2D eigenvalue weighted by atomic mass is 14.6. The molecule has 0 amide bonds. The Bertz CT molecular complexity index is 418. The van der Waals surface area contributed by atoms with Gasteiger partial charge in [0.1, 0.15) is 0 Å². The Balaban J connectivity index is 1.82. The first kappa shape index (κ1) is 13.2. The van der Waals surface area contributed by atoms with E-state index in [1.807, 2.05) is 0 Å². The second kappa shape index (κ2) is 6.09. The molecule has 1 heteroatoms. The number of aryl methyl sites for hydroxylation is 2. The van der Waals surface area contributed by atoms with Gasteiger partial charge >= 0.3 is 0 Å². The largest absolute Gasteiger partial charge is 0.330 e. The third kappa shape index (κ3) is 2.86. The predicted molar refractivity (Wildman–Crippen MR) is 81.5 cm³/mol. The summed E-state index contributed by atoms with van der Waals surface area (Å²) in [5.41, 5.74) is 10.8. The third-order valence-electron chi connectivity index (χ3n) is 5.27. The van der Waals surface area contributed by atoms with Crippen LogP contribution in [0.2, 0.25) is 0 Å². The first-order valence-corrected chi connectivity index (χ1v) is 8.20. The van der Waals surface area contributed by atoms with Crippen molar-refractivity contribution in [2.75, 3.05) is 6.54 Å². The van der Waals surface area contributed by atoms with Crippen molar-refractivity contribution in [2.24, 2.45) is 11.7 Å². The number of benzene rings is 1. The van der Waals surface area contributed by atoms with Gasteiger partial charge in [0.25, 0.3) is 0 Å². The Morgan fingerprint density at radius 2 is 1.68 bits per heavy atom. The van der Waals surface area contributed by atoms with Gasteiger partial charge in [0.15, 0.2) is 0 Å². The average molecular weight is 257 g/mol. The van der Waals surface area contributed by atoms with Crippen LogP contribution in [0.4, 0.5) is 0 Å². The maximum Gasteiger partial charge on any atom is -0.000556 e. The molecule has 1 aromatic carbocycles. The van der Waals surface area contributed by atoms with Crippen molar-refractivity contribution in [2.45, 2.75) is 63.7 Å². The van der Waals surface area contributed by atoms with E-state index in [4.69, 9.17) is 5.73 Å². The number of hydrogen-bond acceptors (Lipinski definition) is 1. The van der Waals surface area contributed by atoms with Gasteiger partial charge < -0.3 is 5.73 Å². The van der Waals surface area contributed by atoms with E-state index in [2.05, 4.69) is 18.2 Å². The molecule has 0 bridgehead atoms. The standard InChI is InChI=1S/C18H27N/c19-13-18(15-7-2-1-3-8-15)17-11-10-14-6-4-5-9-16(14)12-17/h10-12,15,18H,1-9,13,19H2. The molecule has 1 nitrogen and oxygen atoms in total. The summed E-state index contributed by atoms with van der Waals surface area (Å²) in [6.07, 6.45) is 12.3. The number of nitrogens with two attached hydrogens (primary N) is 1. The van der Waals surface area contributed by atoms with Gasteiger partial charge in [-0.1, -0.05) is 37.5 Å². The summed E-state index contributed by atoms with van der Waals surface area (Å²) in [7, 11) is 0. The van der Waals surface area contributed by atoms with Crippen molar-refractivity contribution in [1.29, 1.82) is 0 Å². The van der Waals surface area contributed by atoms with E-state index in [-0.39, 0.29) is 0 Å². The average Bonchev–Trinajstić information content (AvgIpc) is 2.49. The van der Waals surface area contributed by atoms with E-state index in [9.17, 15) is 0 Å². The van der Waals surface area contributed by atoms with Crippen LogP contribution in [0, 0.1) is 5.92 Å². The van der Waals surface area contributed by atoms with E-state index in [0.717, 1.165) is 12.5 Å². The van der Waals surface area contributed by atoms with Crippen molar-refractivity contribution in [3.63, 3.8) is 0 Å². The van der Waals surface area contributed by atoms with Crippen LogP contribution in [0.1, 0.15) is 67.6 Å². The zero-order valence-electron chi connectivity index (χ0n) is 12.0. The Hall–Kier alpha value is -0.820. The van der Waals surface area contributed by atoms with Gasteiger partial charge in [-0.3, -0.25) is 0 Å². The van der Waals surface area contributed by atoms with Gasteiger partial charge in [-0.2, -0.15) is 0 Å². The normalized spacial score (nSPS) is 21.9. The highest BCUT2D eigenvalue weighted by molar-refractivity contribution is 5.35. The Labute approximate surface area is 117 Å². The SMILES string of the molecule is NCC(c1ccc2c(c1)CCCC2)C1CCCCC1. The highest BCUT2D eigenvalue weighted by Gasteiger charge is 2.24. The zero-order chi connectivity index (χ0) is 13.1. The molecule has 3 rings (SSSR count). The summed E-state index contributed by atoms with van der Waals surface area (Å²) in [5, 5.41) is 0. The lowest BCUT2D eigenvalue weighted by atomic mass is 9.76. The molecular formula is C18H27N. The summed E-state index contributed by atoms with van der Waals surface area (Å²) in [5.74, 6) is 1.44. The van der Waals surface area contributed by atoms with Crippen molar-refractivity contribution in [1.82, 2.24) is 0 Å². The van der Waals surface area contributed by atoms with Crippen LogP contribution in [-0.2, 0) is 12.8 Å². The van der Waals surface area contributed by atoms with Gasteiger partial charge in [0.2, 0.25) is 0 Å². The van der Waals surface area contributed by atoms with Crippen LogP contribution >= 0.6 is 0 Å². The smallest absolute Gasteiger partial charge is 0.000556 e. The molecule has 0 spiro atoms. The van der Waals surface area contributed by atoms with Gasteiger partial charge in [-0.05, 0) is 73.6 Å². The molecule has 0 saturated heterocycles. The van der Waals surface area contributed by atoms with Gasteiger partial charge in [0, 0.05) is 0 Å². The molecule has 1 fully saturated rings. The molecule has 0 aromatic heterocycles. The molecule has 19 heavy (non-hydrogen) atoms. The highest BCUT2D eigenvalue weighted by Crippen LogP contribution is 2.36. The van der Waals surface area contributed by atoms with Crippen LogP contribution in [0.5, 0.6) is 0 Å². The Morgan fingerprint density at radius 1 is 0.947 bits per heavy atom. The molecule has 1 aromatic rings. The third-order valence-corrected chi connectivity index (χ3v) is 5.27. The Morgan fingerprint density at radius 3 is 2.42 bits per heavy atom. The first-order valence-electron chi connectivity index (χ1n) is 8.20. The van der Waals surface area contributed by atoms with Crippen LogP contribution in [0.15, 0.2) is 18.2 Å². The minimum absolute atomic E-state index is 0.604. The lowest BCUT2D eigenvalue weighted by Crippen LogP contribution is -2.24. The van der Waals surface area contributed by atoms with Crippen molar-refractivity contribution in [3.8, 4) is 0 Å². The molecule has 1 atom stereocenters. The molecule has 1 saturated carbocycles. The lowest BCUT2D eigenvalue weighted by Gasteiger charge is -2.30. The monoisotopic (exact) mass is 257 g/mol. The molecule has 0 radical (unpaired) electrons. The fourth-order valence-electron chi connectivity index (χ4n) is 4.12. The lowest BCUT2D eigenvalue weighted by molar-refractivity contribution is 0.307. The van der Waals surface area contributed by atoms with Crippen LogP contribution in [0.25, 0.3) is 0 Å². The molecule has 1 unspecified atom stereocenters. The second-order valence-electron chi connectivity index (χ2n) is 6.48. The fourth-order valence-corrected chi connectivity index (χ4v) is 4.12. The van der Waals surface area contributed by atoms with Crippen molar-refractivity contribution >= 4 is 0 Å². The van der Waals surface area contributed by atoms with E-state index in [1.54, 1.807) is 11.1 Å². The van der Waals surface area contributed by atoms with Crippen LogP contribution in [0.3, 0.4) is 0 Å². The summed E-state index contributed by atoms with van der Waals surface area (Å²) in [6, 6.07) is 7.24. The van der Waals surface area contributed by atoms with Crippen LogP contribution in [-0.4, -0.2) is 6.54 Å². The molecule has 104 valence electrons. The maximum absolute atomic E-state index is 6.11. The summed E-state index contributed by atoms with van der Waals surface area (Å²) in [4.78, 5) is 0. The zero-order valence-corrected chi connectivity index (χ0v) is 12.0. The minimum atomic E-state index is 0.604. The van der Waals surface area contributed by atoms with Crippen molar-refractivity contribution in [3.05, 3.63) is 34.9 Å². The van der Waals surface area contributed by atoms with Gasteiger partial charge in [0.05, 0.1) is 0 Å². The summed E-state index contributed by atoms with van der Waals surface area (Å²) < 4.78 is 0. The van der Waals surface area contributed by atoms with E-state index >= 15 is 0 Å². The number of hydrogen-bond donors (Lipinski definition) is 1. The summed E-state index contributed by atoms with van der Waals surface area (Å²) in [6.45, 7) is 0.823. The van der Waals surface area contributed by atoms with E-state index in [1.165, 1.54) is 63.4 Å². The molecule has 0 heterocycles. The minimum Gasteiger partial charge on any atom is -0.330 e. The quantitative estimate of drug-likeness (QED) is 0.863. The van der Waals surface area contributed by atoms with Crippen molar-refractivity contribution < 1.29 is 0 Å². The van der Waals surface area contributed by atoms with E-state index < -0.39 is 0 Å². The second-order valence-corrected chi connectivity index (χ2v) is 6.48. The summed E-state index contributed by atoms with van der Waals surface area (Å²) >= 11 is 0. The topological polar surface area (TPSA) is 26.0 Å².